The van der Waals surface area contributed by atoms with Crippen molar-refractivity contribution in [3.8, 4) is 0 Å². The SMILES string of the molecule is Brc1cnc(N2CCCN(Cc3ccccc3)CC2)c(Br)c1. The number of anilines is 1. The zero-order valence-electron chi connectivity index (χ0n) is 12.4. The third-order valence-corrected chi connectivity index (χ3v) is 4.94. The molecule has 0 aliphatic carbocycles. The summed E-state index contributed by atoms with van der Waals surface area (Å²) in [6.45, 7) is 5.31. The van der Waals surface area contributed by atoms with Crippen molar-refractivity contribution in [1.82, 2.24) is 9.88 Å². The highest BCUT2D eigenvalue weighted by Gasteiger charge is 2.18. The van der Waals surface area contributed by atoms with Crippen molar-refractivity contribution >= 4 is 37.7 Å². The predicted molar refractivity (Wildman–Crippen MR) is 98.2 cm³/mol. The summed E-state index contributed by atoms with van der Waals surface area (Å²) in [5, 5.41) is 0. The molecule has 1 fully saturated rings. The molecule has 0 bridgehead atoms. The van der Waals surface area contributed by atoms with E-state index >= 15 is 0 Å². The van der Waals surface area contributed by atoms with Gasteiger partial charge in [0.1, 0.15) is 5.82 Å². The minimum Gasteiger partial charge on any atom is -0.354 e. The van der Waals surface area contributed by atoms with Crippen LogP contribution in [0.15, 0.2) is 51.5 Å². The molecule has 1 saturated heterocycles. The number of hydrogen-bond acceptors (Lipinski definition) is 3. The van der Waals surface area contributed by atoms with Crippen LogP contribution < -0.4 is 4.90 Å². The van der Waals surface area contributed by atoms with Gasteiger partial charge in [-0.1, -0.05) is 30.3 Å². The molecule has 0 saturated carbocycles. The van der Waals surface area contributed by atoms with Crippen LogP contribution in [-0.2, 0) is 6.54 Å². The summed E-state index contributed by atoms with van der Waals surface area (Å²) >= 11 is 7.09. The fourth-order valence-corrected chi connectivity index (χ4v) is 4.06. The van der Waals surface area contributed by atoms with Crippen LogP contribution in [0.25, 0.3) is 0 Å². The summed E-state index contributed by atoms with van der Waals surface area (Å²) in [5.74, 6) is 1.05. The van der Waals surface area contributed by atoms with Gasteiger partial charge in [-0.05, 0) is 49.9 Å². The highest BCUT2D eigenvalue weighted by Crippen LogP contribution is 2.27. The topological polar surface area (TPSA) is 19.4 Å². The Hall–Kier alpha value is -0.910. The van der Waals surface area contributed by atoms with Crippen LogP contribution >= 0.6 is 31.9 Å². The molecule has 3 rings (SSSR count). The van der Waals surface area contributed by atoms with Crippen LogP contribution in [0.2, 0.25) is 0 Å². The molecular weight excluding hydrogens is 406 g/mol. The average Bonchev–Trinajstić information content (AvgIpc) is 2.74. The Morgan fingerprint density at radius 3 is 2.59 bits per heavy atom. The number of nitrogens with zero attached hydrogens (tertiary/aromatic N) is 3. The summed E-state index contributed by atoms with van der Waals surface area (Å²) in [4.78, 5) is 9.47. The summed E-state index contributed by atoms with van der Waals surface area (Å²) in [6, 6.07) is 12.8. The summed E-state index contributed by atoms with van der Waals surface area (Å²) in [6.07, 6.45) is 3.03. The molecule has 1 aliphatic rings. The molecule has 0 amide bonds. The normalized spacial score (nSPS) is 16.5. The van der Waals surface area contributed by atoms with Crippen LogP contribution in [0, 0.1) is 0 Å². The Morgan fingerprint density at radius 2 is 1.82 bits per heavy atom. The molecule has 0 atom stereocenters. The molecule has 2 aromatic rings. The minimum atomic E-state index is 1.00. The molecule has 0 unspecified atom stereocenters. The summed E-state index contributed by atoms with van der Waals surface area (Å²) < 4.78 is 2.06. The molecule has 0 spiro atoms. The van der Waals surface area contributed by atoms with Crippen molar-refractivity contribution in [1.29, 1.82) is 0 Å². The first-order chi connectivity index (χ1) is 10.7. The van der Waals surface area contributed by atoms with Gasteiger partial charge >= 0.3 is 0 Å². The van der Waals surface area contributed by atoms with Crippen molar-refractivity contribution < 1.29 is 0 Å². The second-order valence-corrected chi connectivity index (χ2v) is 7.33. The standard InChI is InChI=1S/C17H19Br2N3/c18-15-11-16(19)17(20-12-15)22-8-4-7-21(9-10-22)13-14-5-2-1-3-6-14/h1-3,5-6,11-12H,4,7-10,13H2. The molecular formula is C17H19Br2N3. The quantitative estimate of drug-likeness (QED) is 0.731. The van der Waals surface area contributed by atoms with Gasteiger partial charge in [0.15, 0.2) is 0 Å². The highest BCUT2D eigenvalue weighted by molar-refractivity contribution is 9.11. The van der Waals surface area contributed by atoms with E-state index in [1.165, 1.54) is 5.56 Å². The first kappa shape index (κ1) is 16.0. The van der Waals surface area contributed by atoms with Gasteiger partial charge in [-0.3, -0.25) is 4.90 Å². The first-order valence-electron chi connectivity index (χ1n) is 7.54. The van der Waals surface area contributed by atoms with E-state index in [9.17, 15) is 0 Å². The molecule has 0 radical (unpaired) electrons. The van der Waals surface area contributed by atoms with Gasteiger partial charge in [0.05, 0.1) is 4.47 Å². The monoisotopic (exact) mass is 423 g/mol. The third kappa shape index (κ3) is 4.09. The van der Waals surface area contributed by atoms with E-state index in [1.54, 1.807) is 0 Å². The third-order valence-electron chi connectivity index (χ3n) is 3.93. The minimum absolute atomic E-state index is 1.00. The second-order valence-electron chi connectivity index (χ2n) is 5.56. The van der Waals surface area contributed by atoms with Crippen molar-refractivity contribution in [2.45, 2.75) is 13.0 Å². The first-order valence-corrected chi connectivity index (χ1v) is 9.13. The van der Waals surface area contributed by atoms with Crippen LogP contribution in [0.3, 0.4) is 0 Å². The van der Waals surface area contributed by atoms with Gasteiger partial charge in [0.2, 0.25) is 0 Å². The molecule has 1 aromatic carbocycles. The fourth-order valence-electron chi connectivity index (χ4n) is 2.82. The lowest BCUT2D eigenvalue weighted by Crippen LogP contribution is -2.31. The Labute approximate surface area is 148 Å². The van der Waals surface area contributed by atoms with Crippen molar-refractivity contribution in [2.75, 3.05) is 31.1 Å². The molecule has 3 nitrogen and oxygen atoms in total. The molecule has 22 heavy (non-hydrogen) atoms. The Bertz CT molecular complexity index is 619. The Kier molecular flexibility index (Phi) is 5.50. The summed E-state index contributed by atoms with van der Waals surface area (Å²) in [7, 11) is 0. The van der Waals surface area contributed by atoms with Crippen LogP contribution in [0.5, 0.6) is 0 Å². The zero-order valence-corrected chi connectivity index (χ0v) is 15.6. The number of rotatable bonds is 3. The van der Waals surface area contributed by atoms with Gasteiger partial charge in [-0.2, -0.15) is 0 Å². The molecule has 0 N–H and O–H groups in total. The van der Waals surface area contributed by atoms with Gasteiger partial charge < -0.3 is 4.90 Å². The van der Waals surface area contributed by atoms with E-state index in [0.29, 0.717) is 0 Å². The van der Waals surface area contributed by atoms with Gasteiger partial charge in [0, 0.05) is 43.4 Å². The molecule has 116 valence electrons. The average molecular weight is 425 g/mol. The Morgan fingerprint density at radius 1 is 1.00 bits per heavy atom. The summed E-state index contributed by atoms with van der Waals surface area (Å²) in [5.41, 5.74) is 1.39. The lowest BCUT2D eigenvalue weighted by atomic mass is 10.2. The lowest BCUT2D eigenvalue weighted by Gasteiger charge is -2.23. The van der Waals surface area contributed by atoms with Crippen molar-refractivity contribution in [3.63, 3.8) is 0 Å². The van der Waals surface area contributed by atoms with Crippen molar-refractivity contribution in [2.24, 2.45) is 0 Å². The Balaban J connectivity index is 1.64. The molecule has 2 heterocycles. The van der Waals surface area contributed by atoms with E-state index < -0.39 is 0 Å². The number of hydrogen-bond donors (Lipinski definition) is 0. The number of benzene rings is 1. The van der Waals surface area contributed by atoms with Gasteiger partial charge in [-0.15, -0.1) is 0 Å². The molecule has 1 aromatic heterocycles. The van der Waals surface area contributed by atoms with E-state index in [2.05, 4.69) is 83.0 Å². The van der Waals surface area contributed by atoms with Gasteiger partial charge in [0.25, 0.3) is 0 Å². The van der Waals surface area contributed by atoms with Crippen LogP contribution in [0.1, 0.15) is 12.0 Å². The maximum Gasteiger partial charge on any atom is 0.142 e. The number of pyridine rings is 1. The van der Waals surface area contributed by atoms with Crippen molar-refractivity contribution in [3.05, 3.63) is 57.1 Å². The maximum atomic E-state index is 4.57. The van der Waals surface area contributed by atoms with E-state index in [1.807, 2.05) is 6.20 Å². The van der Waals surface area contributed by atoms with Crippen LogP contribution in [0.4, 0.5) is 5.82 Å². The fraction of sp³-hybridized carbons (Fsp3) is 0.353. The highest BCUT2D eigenvalue weighted by atomic mass is 79.9. The number of halogens is 2. The smallest absolute Gasteiger partial charge is 0.142 e. The number of aromatic nitrogens is 1. The largest absolute Gasteiger partial charge is 0.354 e. The van der Waals surface area contributed by atoms with E-state index in [0.717, 1.165) is 53.9 Å². The predicted octanol–water partition coefficient (Wildman–Crippen LogP) is 4.32. The maximum absolute atomic E-state index is 4.57. The lowest BCUT2D eigenvalue weighted by molar-refractivity contribution is 0.285. The second kappa shape index (κ2) is 7.57. The van der Waals surface area contributed by atoms with E-state index in [-0.39, 0.29) is 0 Å². The molecule has 1 aliphatic heterocycles. The zero-order chi connectivity index (χ0) is 15.4. The molecule has 5 heteroatoms. The van der Waals surface area contributed by atoms with Gasteiger partial charge in [-0.25, -0.2) is 4.98 Å². The van der Waals surface area contributed by atoms with Crippen LogP contribution in [-0.4, -0.2) is 36.1 Å². The van der Waals surface area contributed by atoms with E-state index in [4.69, 9.17) is 0 Å².